The van der Waals surface area contributed by atoms with Gasteiger partial charge in [-0.1, -0.05) is 42.5 Å². The number of guanidine groups is 1. The van der Waals surface area contributed by atoms with E-state index in [1.54, 1.807) is 20.4 Å². The topological polar surface area (TPSA) is 54.7 Å². The van der Waals surface area contributed by atoms with Gasteiger partial charge in [0.25, 0.3) is 0 Å². The van der Waals surface area contributed by atoms with E-state index in [-0.39, 0.29) is 0 Å². The van der Waals surface area contributed by atoms with Crippen LogP contribution < -0.4 is 10.1 Å². The van der Waals surface area contributed by atoms with E-state index in [2.05, 4.69) is 50.6 Å². The van der Waals surface area contributed by atoms with Crippen LogP contribution >= 0.6 is 0 Å². The van der Waals surface area contributed by atoms with E-state index >= 15 is 0 Å². The summed E-state index contributed by atoms with van der Waals surface area (Å²) in [5, 5.41) is 7.71. The monoisotopic (exact) mass is 377 g/mol. The molecule has 28 heavy (non-hydrogen) atoms. The van der Waals surface area contributed by atoms with Crippen molar-refractivity contribution in [2.75, 3.05) is 21.2 Å². The molecule has 0 bridgehead atoms. The average Bonchev–Trinajstić information content (AvgIpc) is 3.22. The first-order valence-electron chi connectivity index (χ1n) is 9.28. The van der Waals surface area contributed by atoms with Crippen molar-refractivity contribution >= 4 is 5.96 Å². The maximum absolute atomic E-state index is 5.45. The molecule has 0 aliphatic heterocycles. The summed E-state index contributed by atoms with van der Waals surface area (Å²) in [6.07, 6.45) is 3.77. The van der Waals surface area contributed by atoms with Gasteiger partial charge >= 0.3 is 0 Å². The van der Waals surface area contributed by atoms with E-state index in [1.807, 2.05) is 42.2 Å². The quantitative estimate of drug-likeness (QED) is 0.508. The minimum atomic E-state index is 0.704. The molecule has 0 unspecified atom stereocenters. The first-order valence-corrected chi connectivity index (χ1v) is 9.28. The summed E-state index contributed by atoms with van der Waals surface area (Å²) in [7, 11) is 5.52. The zero-order valence-corrected chi connectivity index (χ0v) is 16.7. The number of benzene rings is 2. The lowest BCUT2D eigenvalue weighted by Gasteiger charge is -2.23. The van der Waals surface area contributed by atoms with Crippen LogP contribution in [0, 0.1) is 0 Å². The number of aromatic nitrogens is 2. The highest BCUT2D eigenvalue weighted by atomic mass is 16.5. The second-order valence-electron chi connectivity index (χ2n) is 6.59. The predicted molar refractivity (Wildman–Crippen MR) is 112 cm³/mol. The Kier molecular flexibility index (Phi) is 6.68. The molecular weight excluding hydrogens is 350 g/mol. The second-order valence-corrected chi connectivity index (χ2v) is 6.59. The normalized spacial score (nSPS) is 11.3. The van der Waals surface area contributed by atoms with Crippen LogP contribution in [0.2, 0.25) is 0 Å². The van der Waals surface area contributed by atoms with Crippen molar-refractivity contribution < 1.29 is 4.74 Å². The van der Waals surface area contributed by atoms with E-state index < -0.39 is 0 Å². The number of para-hydroxylation sites is 1. The minimum absolute atomic E-state index is 0.704. The first kappa shape index (κ1) is 19.5. The lowest BCUT2D eigenvalue weighted by molar-refractivity contribution is 0.396. The fourth-order valence-electron chi connectivity index (χ4n) is 3.15. The van der Waals surface area contributed by atoms with E-state index in [1.165, 1.54) is 11.1 Å². The standard InChI is InChI=1S/C22H27N5O/c1-23-22(26(2)17-20-10-4-5-11-21(20)28-3)24-15-18-8-6-9-19(14-18)16-27-13-7-12-25-27/h4-14H,15-17H2,1-3H3,(H,23,24). The zero-order valence-electron chi connectivity index (χ0n) is 16.7. The van der Waals surface area contributed by atoms with Crippen LogP contribution in [0.15, 0.2) is 72.0 Å². The van der Waals surface area contributed by atoms with E-state index in [4.69, 9.17) is 4.74 Å². The molecule has 0 spiro atoms. The molecule has 6 heteroatoms. The Hall–Kier alpha value is -3.28. The van der Waals surface area contributed by atoms with Gasteiger partial charge in [-0.2, -0.15) is 5.10 Å². The van der Waals surface area contributed by atoms with Gasteiger partial charge in [-0.15, -0.1) is 0 Å². The molecule has 146 valence electrons. The Labute approximate surface area is 166 Å². The molecule has 0 atom stereocenters. The number of nitrogens with zero attached hydrogens (tertiary/aromatic N) is 4. The van der Waals surface area contributed by atoms with Crippen molar-refractivity contribution in [1.29, 1.82) is 0 Å². The molecule has 0 aliphatic carbocycles. The third-order valence-electron chi connectivity index (χ3n) is 4.52. The number of ether oxygens (including phenoxy) is 1. The number of hydrogen-bond donors (Lipinski definition) is 1. The first-order chi connectivity index (χ1) is 13.7. The lowest BCUT2D eigenvalue weighted by Crippen LogP contribution is -2.38. The lowest BCUT2D eigenvalue weighted by atomic mass is 10.1. The van der Waals surface area contributed by atoms with Crippen molar-refractivity contribution in [3.8, 4) is 5.75 Å². The third kappa shape index (κ3) is 5.13. The highest BCUT2D eigenvalue weighted by molar-refractivity contribution is 5.79. The highest BCUT2D eigenvalue weighted by Crippen LogP contribution is 2.18. The van der Waals surface area contributed by atoms with E-state index in [9.17, 15) is 0 Å². The van der Waals surface area contributed by atoms with Gasteiger partial charge in [0.05, 0.1) is 13.7 Å². The Morgan fingerprint density at radius 1 is 1.14 bits per heavy atom. The Morgan fingerprint density at radius 2 is 1.96 bits per heavy atom. The van der Waals surface area contributed by atoms with Crippen molar-refractivity contribution in [3.63, 3.8) is 0 Å². The Balaban J connectivity index is 1.60. The summed E-state index contributed by atoms with van der Waals surface area (Å²) in [4.78, 5) is 6.50. The van der Waals surface area contributed by atoms with Gasteiger partial charge in [-0.25, -0.2) is 0 Å². The van der Waals surface area contributed by atoms with Gasteiger partial charge < -0.3 is 15.0 Å². The molecule has 0 radical (unpaired) electrons. The highest BCUT2D eigenvalue weighted by Gasteiger charge is 2.10. The van der Waals surface area contributed by atoms with Crippen molar-refractivity contribution in [3.05, 3.63) is 83.7 Å². The molecule has 0 fully saturated rings. The summed E-state index contributed by atoms with van der Waals surface area (Å²) < 4.78 is 7.37. The van der Waals surface area contributed by atoms with Crippen LogP contribution in [-0.4, -0.2) is 41.8 Å². The summed E-state index contributed by atoms with van der Waals surface area (Å²) in [5.41, 5.74) is 3.55. The maximum Gasteiger partial charge on any atom is 0.193 e. The number of aliphatic imine (C=N–C) groups is 1. The van der Waals surface area contributed by atoms with Crippen LogP contribution in [0.4, 0.5) is 0 Å². The molecule has 1 aromatic heterocycles. The van der Waals surface area contributed by atoms with Crippen molar-refractivity contribution in [1.82, 2.24) is 20.0 Å². The fourth-order valence-corrected chi connectivity index (χ4v) is 3.15. The fraction of sp³-hybridized carbons (Fsp3) is 0.273. The molecule has 2 aromatic carbocycles. The number of hydrogen-bond acceptors (Lipinski definition) is 3. The minimum Gasteiger partial charge on any atom is -0.496 e. The van der Waals surface area contributed by atoms with Gasteiger partial charge in [0.2, 0.25) is 0 Å². The van der Waals surface area contributed by atoms with Gasteiger partial charge in [-0.3, -0.25) is 9.67 Å². The summed E-state index contributed by atoms with van der Waals surface area (Å²) in [6.45, 7) is 2.18. The largest absolute Gasteiger partial charge is 0.496 e. The van der Waals surface area contributed by atoms with Crippen molar-refractivity contribution in [2.45, 2.75) is 19.6 Å². The summed E-state index contributed by atoms with van der Waals surface area (Å²) in [5.74, 6) is 1.72. The number of methoxy groups -OCH3 is 1. The van der Waals surface area contributed by atoms with Crippen LogP contribution in [0.5, 0.6) is 5.75 Å². The number of rotatable bonds is 7. The van der Waals surface area contributed by atoms with Gasteiger partial charge in [0.15, 0.2) is 5.96 Å². The smallest absolute Gasteiger partial charge is 0.193 e. The average molecular weight is 377 g/mol. The van der Waals surface area contributed by atoms with Crippen LogP contribution in [-0.2, 0) is 19.6 Å². The van der Waals surface area contributed by atoms with E-state index in [0.29, 0.717) is 13.1 Å². The molecule has 1 heterocycles. The molecule has 0 saturated carbocycles. The van der Waals surface area contributed by atoms with Crippen LogP contribution in [0.3, 0.4) is 0 Å². The predicted octanol–water partition coefficient (Wildman–Crippen LogP) is 3.15. The summed E-state index contributed by atoms with van der Waals surface area (Å²) >= 11 is 0. The van der Waals surface area contributed by atoms with Gasteiger partial charge in [-0.05, 0) is 23.3 Å². The van der Waals surface area contributed by atoms with Gasteiger partial charge in [0.1, 0.15) is 5.75 Å². The second kappa shape index (κ2) is 9.60. The molecule has 0 amide bonds. The molecule has 1 N–H and O–H groups in total. The summed E-state index contributed by atoms with van der Waals surface area (Å²) in [6, 6.07) is 18.5. The van der Waals surface area contributed by atoms with E-state index in [0.717, 1.165) is 23.8 Å². The molecule has 0 saturated heterocycles. The molecule has 0 aliphatic rings. The molecule has 3 aromatic rings. The Bertz CT molecular complexity index is 905. The van der Waals surface area contributed by atoms with Crippen molar-refractivity contribution in [2.24, 2.45) is 4.99 Å². The molecule has 3 rings (SSSR count). The Morgan fingerprint density at radius 3 is 2.71 bits per heavy atom. The molecular formula is C22H27N5O. The van der Waals surface area contributed by atoms with Crippen LogP contribution in [0.1, 0.15) is 16.7 Å². The SMILES string of the molecule is CN=C(NCc1cccc(Cn2cccn2)c1)N(C)Cc1ccccc1OC. The zero-order chi connectivity index (χ0) is 19.8. The molecule has 6 nitrogen and oxygen atoms in total. The number of nitrogens with one attached hydrogen (secondary N) is 1. The van der Waals surface area contributed by atoms with Gasteiger partial charge in [0, 0.05) is 45.1 Å². The van der Waals surface area contributed by atoms with Crippen LogP contribution in [0.25, 0.3) is 0 Å². The third-order valence-corrected chi connectivity index (χ3v) is 4.52. The maximum atomic E-state index is 5.45.